The Morgan fingerprint density at radius 3 is 2.47 bits per heavy atom. The molecule has 1 saturated heterocycles. The Kier molecular flexibility index (Phi) is 4.58. The summed E-state index contributed by atoms with van der Waals surface area (Å²) < 4.78 is 5.23. The molecular formula is C12H23NO2. The highest BCUT2D eigenvalue weighted by Gasteiger charge is 2.21. The van der Waals surface area contributed by atoms with E-state index in [1.54, 1.807) is 0 Å². The second-order valence-electron chi connectivity index (χ2n) is 5.49. The smallest absolute Gasteiger partial charge is 0.223 e. The number of carbonyl (C=O) groups excluding carboxylic acids is 1. The van der Waals surface area contributed by atoms with E-state index < -0.39 is 0 Å². The van der Waals surface area contributed by atoms with Crippen LogP contribution in [0.3, 0.4) is 0 Å². The lowest BCUT2D eigenvalue weighted by Gasteiger charge is -2.23. The van der Waals surface area contributed by atoms with Crippen LogP contribution in [0.1, 0.15) is 40.0 Å². The van der Waals surface area contributed by atoms with Crippen molar-refractivity contribution >= 4 is 5.91 Å². The molecule has 0 atom stereocenters. The maximum atomic E-state index is 11.7. The second kappa shape index (κ2) is 5.50. The first kappa shape index (κ1) is 12.5. The molecule has 0 unspecified atom stereocenters. The zero-order valence-electron chi connectivity index (χ0n) is 10.1. The number of hydrogen-bond acceptors (Lipinski definition) is 2. The van der Waals surface area contributed by atoms with Gasteiger partial charge >= 0.3 is 0 Å². The number of hydrogen-bond donors (Lipinski definition) is 1. The van der Waals surface area contributed by atoms with Crippen molar-refractivity contribution in [2.75, 3.05) is 19.8 Å². The summed E-state index contributed by atoms with van der Waals surface area (Å²) in [5.74, 6) is 0.390. The first-order valence-electron chi connectivity index (χ1n) is 5.84. The van der Waals surface area contributed by atoms with Crippen LogP contribution in [-0.2, 0) is 9.53 Å². The van der Waals surface area contributed by atoms with Crippen LogP contribution in [0.25, 0.3) is 0 Å². The molecular weight excluding hydrogens is 190 g/mol. The van der Waals surface area contributed by atoms with E-state index in [1.807, 2.05) is 0 Å². The van der Waals surface area contributed by atoms with E-state index in [0.29, 0.717) is 5.41 Å². The van der Waals surface area contributed by atoms with Gasteiger partial charge in [0.15, 0.2) is 0 Å². The zero-order valence-corrected chi connectivity index (χ0v) is 10.1. The first-order chi connectivity index (χ1) is 6.99. The predicted molar refractivity (Wildman–Crippen MR) is 60.6 cm³/mol. The number of carbonyl (C=O) groups is 1. The summed E-state index contributed by atoms with van der Waals surface area (Å²) in [6, 6.07) is 0. The number of amides is 1. The molecule has 0 aromatic rings. The summed E-state index contributed by atoms with van der Waals surface area (Å²) in [7, 11) is 0. The Morgan fingerprint density at radius 1 is 1.33 bits per heavy atom. The zero-order chi connectivity index (χ0) is 11.3. The van der Waals surface area contributed by atoms with Crippen LogP contribution in [0.2, 0.25) is 0 Å². The molecule has 0 radical (unpaired) electrons. The van der Waals surface area contributed by atoms with Gasteiger partial charge in [0.2, 0.25) is 5.91 Å². The van der Waals surface area contributed by atoms with Gasteiger partial charge in [0.1, 0.15) is 0 Å². The minimum atomic E-state index is 0.179. The first-order valence-corrected chi connectivity index (χ1v) is 5.84. The summed E-state index contributed by atoms with van der Waals surface area (Å²) in [5, 5.41) is 3.01. The lowest BCUT2D eigenvalue weighted by Crippen LogP contribution is -2.35. The van der Waals surface area contributed by atoms with Crippen molar-refractivity contribution in [2.45, 2.75) is 40.0 Å². The molecule has 3 nitrogen and oxygen atoms in total. The van der Waals surface area contributed by atoms with Crippen molar-refractivity contribution in [2.24, 2.45) is 11.3 Å². The van der Waals surface area contributed by atoms with Gasteiger partial charge in [-0.15, -0.1) is 0 Å². The minimum Gasteiger partial charge on any atom is -0.381 e. The average Bonchev–Trinajstić information content (AvgIpc) is 2.17. The van der Waals surface area contributed by atoms with Crippen LogP contribution < -0.4 is 5.32 Å². The van der Waals surface area contributed by atoms with Gasteiger partial charge in [-0.3, -0.25) is 4.79 Å². The maximum absolute atomic E-state index is 11.7. The lowest BCUT2D eigenvalue weighted by molar-refractivity contribution is -0.127. The quantitative estimate of drug-likeness (QED) is 0.778. The topological polar surface area (TPSA) is 38.3 Å². The molecule has 1 rings (SSSR count). The van der Waals surface area contributed by atoms with Crippen molar-refractivity contribution in [1.82, 2.24) is 5.32 Å². The third-order valence-corrected chi connectivity index (χ3v) is 2.77. The van der Waals surface area contributed by atoms with E-state index in [0.717, 1.165) is 39.0 Å². The summed E-state index contributed by atoms with van der Waals surface area (Å²) >= 11 is 0. The minimum absolute atomic E-state index is 0.179. The van der Waals surface area contributed by atoms with E-state index in [9.17, 15) is 4.79 Å². The molecule has 88 valence electrons. The van der Waals surface area contributed by atoms with E-state index in [2.05, 4.69) is 26.1 Å². The fourth-order valence-electron chi connectivity index (χ4n) is 1.66. The summed E-state index contributed by atoms with van der Waals surface area (Å²) in [6.45, 7) is 8.82. The molecule has 3 heteroatoms. The third kappa shape index (κ3) is 5.17. The highest BCUT2D eigenvalue weighted by Crippen LogP contribution is 2.18. The van der Waals surface area contributed by atoms with Crippen LogP contribution in [0.4, 0.5) is 0 Å². The van der Waals surface area contributed by atoms with E-state index in [4.69, 9.17) is 4.74 Å². The molecule has 0 saturated carbocycles. The number of rotatable bonds is 3. The molecule has 1 amide bonds. The standard InChI is InChI=1S/C12H23NO2/c1-12(2,3)6-7-13-11(14)10-4-8-15-9-5-10/h10H,4-9H2,1-3H3,(H,13,14). The summed E-state index contributed by atoms with van der Waals surface area (Å²) in [6.07, 6.45) is 2.78. The van der Waals surface area contributed by atoms with Gasteiger partial charge in [0, 0.05) is 25.7 Å². The van der Waals surface area contributed by atoms with Crippen LogP contribution >= 0.6 is 0 Å². The highest BCUT2D eigenvalue weighted by atomic mass is 16.5. The molecule has 1 aliphatic heterocycles. The summed E-state index contributed by atoms with van der Waals surface area (Å²) in [5.41, 5.74) is 0.295. The molecule has 0 aromatic heterocycles. The Balaban J connectivity index is 2.17. The van der Waals surface area contributed by atoms with Crippen LogP contribution in [0.5, 0.6) is 0 Å². The highest BCUT2D eigenvalue weighted by molar-refractivity contribution is 5.78. The van der Waals surface area contributed by atoms with Gasteiger partial charge in [-0.2, -0.15) is 0 Å². The molecule has 1 N–H and O–H groups in total. The molecule has 0 spiro atoms. The van der Waals surface area contributed by atoms with Gasteiger partial charge in [-0.25, -0.2) is 0 Å². The molecule has 0 bridgehead atoms. The maximum Gasteiger partial charge on any atom is 0.223 e. The monoisotopic (exact) mass is 213 g/mol. The molecule has 15 heavy (non-hydrogen) atoms. The van der Waals surface area contributed by atoms with Gasteiger partial charge in [-0.05, 0) is 24.7 Å². The van der Waals surface area contributed by atoms with E-state index in [1.165, 1.54) is 0 Å². The van der Waals surface area contributed by atoms with Gasteiger partial charge in [-0.1, -0.05) is 20.8 Å². The average molecular weight is 213 g/mol. The second-order valence-corrected chi connectivity index (χ2v) is 5.49. The molecule has 0 aliphatic carbocycles. The molecule has 1 aliphatic rings. The predicted octanol–water partition coefficient (Wildman–Crippen LogP) is 1.97. The number of ether oxygens (including phenoxy) is 1. The Labute approximate surface area is 92.6 Å². The fraction of sp³-hybridized carbons (Fsp3) is 0.917. The van der Waals surface area contributed by atoms with E-state index >= 15 is 0 Å². The molecule has 1 heterocycles. The number of nitrogens with one attached hydrogen (secondary N) is 1. The van der Waals surface area contributed by atoms with Gasteiger partial charge < -0.3 is 10.1 Å². The van der Waals surface area contributed by atoms with Crippen molar-refractivity contribution in [1.29, 1.82) is 0 Å². The van der Waals surface area contributed by atoms with Gasteiger partial charge in [0.25, 0.3) is 0 Å². The summed E-state index contributed by atoms with van der Waals surface area (Å²) in [4.78, 5) is 11.7. The van der Waals surface area contributed by atoms with Crippen molar-refractivity contribution in [3.05, 3.63) is 0 Å². The fourth-order valence-corrected chi connectivity index (χ4v) is 1.66. The van der Waals surface area contributed by atoms with E-state index in [-0.39, 0.29) is 11.8 Å². The Bertz CT molecular complexity index is 202. The third-order valence-electron chi connectivity index (χ3n) is 2.77. The van der Waals surface area contributed by atoms with Crippen LogP contribution in [0.15, 0.2) is 0 Å². The van der Waals surface area contributed by atoms with Crippen molar-refractivity contribution in [3.8, 4) is 0 Å². The van der Waals surface area contributed by atoms with Gasteiger partial charge in [0.05, 0.1) is 0 Å². The Morgan fingerprint density at radius 2 is 1.93 bits per heavy atom. The van der Waals surface area contributed by atoms with Crippen LogP contribution in [0, 0.1) is 11.3 Å². The normalized spacial score (nSPS) is 18.9. The Hall–Kier alpha value is -0.570. The molecule has 0 aromatic carbocycles. The van der Waals surface area contributed by atoms with Crippen LogP contribution in [-0.4, -0.2) is 25.7 Å². The van der Waals surface area contributed by atoms with Crippen molar-refractivity contribution < 1.29 is 9.53 Å². The lowest BCUT2D eigenvalue weighted by atomic mass is 9.92. The van der Waals surface area contributed by atoms with Crippen molar-refractivity contribution in [3.63, 3.8) is 0 Å². The molecule has 1 fully saturated rings. The SMILES string of the molecule is CC(C)(C)CCNC(=O)C1CCOCC1. The largest absolute Gasteiger partial charge is 0.381 e.